The number of nitrogens with zero attached hydrogens (tertiary/aromatic N) is 2. The summed E-state index contributed by atoms with van der Waals surface area (Å²) in [6.07, 6.45) is 8.88. The second-order valence-electron chi connectivity index (χ2n) is 2.82. The molecule has 1 rings (SSSR count). The molecule has 0 aliphatic heterocycles. The van der Waals surface area contributed by atoms with Gasteiger partial charge in [0.2, 0.25) is 6.33 Å². The van der Waals surface area contributed by atoms with E-state index in [1.54, 1.807) is 0 Å². The van der Waals surface area contributed by atoms with E-state index in [1.165, 1.54) is 0 Å². The maximum atomic E-state index is 5.83. The molecule has 3 heteroatoms. The van der Waals surface area contributed by atoms with Crippen molar-refractivity contribution < 1.29 is 4.57 Å². The van der Waals surface area contributed by atoms with Crippen LogP contribution in [0.2, 0.25) is 0 Å². The maximum Gasteiger partial charge on any atom is 0.245 e. The molecule has 66 valence electrons. The monoisotopic (exact) mass is 166 g/mol. The molecule has 1 aromatic rings. The van der Waals surface area contributed by atoms with E-state index < -0.39 is 0 Å². The Balaban J connectivity index is 2.69. The molecule has 1 atom stereocenters. The quantitative estimate of drug-likeness (QED) is 0.522. The number of allylic oxidation sites excluding steroid dienone is 1. The molecule has 0 spiro atoms. The highest BCUT2D eigenvalue weighted by Crippen LogP contribution is 2.00. The van der Waals surface area contributed by atoms with Gasteiger partial charge >= 0.3 is 0 Å². The third-order valence-electron chi connectivity index (χ3n) is 1.85. The molecular weight excluding hydrogens is 150 g/mol. The summed E-state index contributed by atoms with van der Waals surface area (Å²) in [6.45, 7) is 6.58. The molecule has 1 aromatic heterocycles. The SMILES string of the molecule is C=CC[n+]1ccn(C(N)CC)c1. The first-order valence-corrected chi connectivity index (χ1v) is 4.21. The minimum absolute atomic E-state index is 0.0936. The van der Waals surface area contributed by atoms with Gasteiger partial charge in [0.25, 0.3) is 0 Å². The lowest BCUT2D eigenvalue weighted by atomic mass is 10.4. The van der Waals surface area contributed by atoms with Crippen LogP contribution < -0.4 is 10.3 Å². The number of rotatable bonds is 4. The number of hydrogen-bond donors (Lipinski definition) is 1. The fourth-order valence-electron chi connectivity index (χ4n) is 1.07. The molecule has 0 amide bonds. The predicted molar refractivity (Wildman–Crippen MR) is 48.3 cm³/mol. The minimum atomic E-state index is 0.0936. The zero-order valence-electron chi connectivity index (χ0n) is 7.48. The Bertz CT molecular complexity index is 252. The molecule has 12 heavy (non-hydrogen) atoms. The van der Waals surface area contributed by atoms with E-state index in [9.17, 15) is 0 Å². The fourth-order valence-corrected chi connectivity index (χ4v) is 1.07. The minimum Gasteiger partial charge on any atom is -0.293 e. The maximum absolute atomic E-state index is 5.83. The first-order valence-electron chi connectivity index (χ1n) is 4.21. The van der Waals surface area contributed by atoms with Gasteiger partial charge in [0.05, 0.1) is 0 Å². The molecule has 0 saturated carbocycles. The van der Waals surface area contributed by atoms with Crippen LogP contribution >= 0.6 is 0 Å². The van der Waals surface area contributed by atoms with Gasteiger partial charge in [-0.3, -0.25) is 5.73 Å². The summed E-state index contributed by atoms with van der Waals surface area (Å²) in [6, 6.07) is 0. The van der Waals surface area contributed by atoms with E-state index in [1.807, 2.05) is 33.9 Å². The van der Waals surface area contributed by atoms with Crippen LogP contribution in [-0.4, -0.2) is 4.57 Å². The van der Waals surface area contributed by atoms with Gasteiger partial charge in [0.15, 0.2) is 0 Å². The average Bonchev–Trinajstić information content (AvgIpc) is 2.52. The molecule has 3 nitrogen and oxygen atoms in total. The molecule has 2 N–H and O–H groups in total. The molecule has 0 saturated heterocycles. The highest BCUT2D eigenvalue weighted by Gasteiger charge is 2.08. The lowest BCUT2D eigenvalue weighted by Gasteiger charge is -2.02. The molecule has 0 aromatic carbocycles. The summed E-state index contributed by atoms with van der Waals surface area (Å²) in [4.78, 5) is 0. The Labute approximate surface area is 73.1 Å². The van der Waals surface area contributed by atoms with E-state index in [0.717, 1.165) is 13.0 Å². The van der Waals surface area contributed by atoms with E-state index in [-0.39, 0.29) is 6.17 Å². The molecule has 0 aliphatic rings. The predicted octanol–water partition coefficient (Wildman–Crippen LogP) is 0.829. The van der Waals surface area contributed by atoms with Gasteiger partial charge in [-0.1, -0.05) is 19.6 Å². The van der Waals surface area contributed by atoms with Crippen LogP contribution in [-0.2, 0) is 6.54 Å². The van der Waals surface area contributed by atoms with E-state index >= 15 is 0 Å². The van der Waals surface area contributed by atoms with Gasteiger partial charge in [-0.15, -0.1) is 0 Å². The van der Waals surface area contributed by atoms with E-state index in [2.05, 4.69) is 13.5 Å². The third kappa shape index (κ3) is 1.95. The Hall–Kier alpha value is -1.09. The van der Waals surface area contributed by atoms with Crippen LogP contribution in [0.25, 0.3) is 0 Å². The molecule has 0 aliphatic carbocycles. The number of hydrogen-bond acceptors (Lipinski definition) is 1. The smallest absolute Gasteiger partial charge is 0.245 e. The molecular formula is C9H16N3+. The number of imidazole rings is 1. The van der Waals surface area contributed by atoms with Crippen LogP contribution in [0.15, 0.2) is 31.4 Å². The Morgan fingerprint density at radius 3 is 3.08 bits per heavy atom. The normalized spacial score (nSPS) is 12.8. The lowest BCUT2D eigenvalue weighted by molar-refractivity contribution is -0.686. The molecule has 1 unspecified atom stereocenters. The molecule has 0 fully saturated rings. The van der Waals surface area contributed by atoms with Gasteiger partial charge in [-0.25, -0.2) is 9.13 Å². The van der Waals surface area contributed by atoms with Gasteiger partial charge in [-0.05, 0) is 6.42 Å². The summed E-state index contributed by atoms with van der Waals surface area (Å²) in [5.41, 5.74) is 5.83. The van der Waals surface area contributed by atoms with Crippen molar-refractivity contribution in [2.24, 2.45) is 5.73 Å². The van der Waals surface area contributed by atoms with Crippen LogP contribution in [0.3, 0.4) is 0 Å². The third-order valence-corrected chi connectivity index (χ3v) is 1.85. The first kappa shape index (κ1) is 9.00. The topological polar surface area (TPSA) is 34.8 Å². The fraction of sp³-hybridized carbons (Fsp3) is 0.444. The van der Waals surface area contributed by atoms with Gasteiger partial charge in [0, 0.05) is 0 Å². The zero-order chi connectivity index (χ0) is 8.97. The number of aromatic nitrogens is 2. The van der Waals surface area contributed by atoms with Crippen LogP contribution in [0.5, 0.6) is 0 Å². The highest BCUT2D eigenvalue weighted by atomic mass is 15.2. The Morgan fingerprint density at radius 1 is 1.75 bits per heavy atom. The summed E-state index contributed by atoms with van der Waals surface area (Å²) < 4.78 is 4.05. The van der Waals surface area contributed by atoms with Crippen molar-refractivity contribution in [3.8, 4) is 0 Å². The summed E-state index contributed by atoms with van der Waals surface area (Å²) in [7, 11) is 0. The van der Waals surface area contributed by atoms with Crippen molar-refractivity contribution in [1.29, 1.82) is 0 Å². The lowest BCUT2D eigenvalue weighted by Crippen LogP contribution is -2.30. The van der Waals surface area contributed by atoms with Crippen molar-refractivity contribution in [2.45, 2.75) is 26.1 Å². The summed E-state index contributed by atoms with van der Waals surface area (Å²) >= 11 is 0. The Morgan fingerprint density at radius 2 is 2.50 bits per heavy atom. The summed E-state index contributed by atoms with van der Waals surface area (Å²) in [5, 5.41) is 0. The number of nitrogens with two attached hydrogens (primary N) is 1. The molecule has 0 bridgehead atoms. The molecule has 1 heterocycles. The van der Waals surface area contributed by atoms with Crippen molar-refractivity contribution in [3.63, 3.8) is 0 Å². The van der Waals surface area contributed by atoms with Gasteiger partial charge < -0.3 is 0 Å². The van der Waals surface area contributed by atoms with Gasteiger partial charge in [-0.2, -0.15) is 0 Å². The standard InChI is InChI=1S/C9H16N3/c1-3-5-11-6-7-12(8-11)9(10)4-2/h3,6-9H,1,4-5,10H2,2H3/q+1. The zero-order valence-corrected chi connectivity index (χ0v) is 7.48. The average molecular weight is 166 g/mol. The first-order chi connectivity index (χ1) is 5.77. The second-order valence-corrected chi connectivity index (χ2v) is 2.82. The van der Waals surface area contributed by atoms with Crippen LogP contribution in [0, 0.1) is 0 Å². The van der Waals surface area contributed by atoms with E-state index in [0.29, 0.717) is 0 Å². The van der Waals surface area contributed by atoms with Gasteiger partial charge in [0.1, 0.15) is 25.1 Å². The van der Waals surface area contributed by atoms with Crippen molar-refractivity contribution >= 4 is 0 Å². The van der Waals surface area contributed by atoms with Crippen molar-refractivity contribution in [3.05, 3.63) is 31.4 Å². The van der Waals surface area contributed by atoms with Crippen LogP contribution in [0.1, 0.15) is 19.5 Å². The highest BCUT2D eigenvalue weighted by molar-refractivity contribution is 4.72. The molecule has 0 radical (unpaired) electrons. The second kappa shape index (κ2) is 4.07. The van der Waals surface area contributed by atoms with Crippen molar-refractivity contribution in [2.75, 3.05) is 0 Å². The Kier molecular flexibility index (Phi) is 3.05. The largest absolute Gasteiger partial charge is 0.293 e. The summed E-state index contributed by atoms with van der Waals surface area (Å²) in [5.74, 6) is 0. The van der Waals surface area contributed by atoms with Crippen molar-refractivity contribution in [1.82, 2.24) is 4.57 Å². The van der Waals surface area contributed by atoms with E-state index in [4.69, 9.17) is 5.73 Å². The van der Waals surface area contributed by atoms with Crippen LogP contribution in [0.4, 0.5) is 0 Å².